The van der Waals surface area contributed by atoms with E-state index in [-0.39, 0.29) is 5.91 Å². The molecule has 96 valence electrons. The Morgan fingerprint density at radius 1 is 1.50 bits per heavy atom. The lowest BCUT2D eigenvalue weighted by Crippen LogP contribution is -2.29. The topological polar surface area (TPSA) is 72.6 Å². The fourth-order valence-electron chi connectivity index (χ4n) is 1.86. The fourth-order valence-corrected chi connectivity index (χ4v) is 1.86. The first-order valence-corrected chi connectivity index (χ1v) is 5.81. The van der Waals surface area contributed by atoms with Crippen LogP contribution in [0.4, 0.5) is 5.69 Å². The predicted octanol–water partition coefficient (Wildman–Crippen LogP) is 0.965. The summed E-state index contributed by atoms with van der Waals surface area (Å²) in [5.74, 6) is -0.654. The van der Waals surface area contributed by atoms with Gasteiger partial charge >= 0.3 is 5.97 Å². The molecular weight excluding hydrogens is 232 g/mol. The molecule has 1 unspecified atom stereocenters. The molecule has 0 bridgehead atoms. The number of nitrogen functional groups attached to an aromatic ring is 1. The monoisotopic (exact) mass is 248 g/mol. The van der Waals surface area contributed by atoms with Crippen molar-refractivity contribution in [1.29, 1.82) is 0 Å². The molecule has 1 saturated heterocycles. The number of amides is 1. The summed E-state index contributed by atoms with van der Waals surface area (Å²) in [7, 11) is 1.69. The number of benzene rings is 1. The van der Waals surface area contributed by atoms with E-state index in [4.69, 9.17) is 10.5 Å². The van der Waals surface area contributed by atoms with Crippen LogP contribution in [0.1, 0.15) is 22.3 Å². The molecule has 1 atom stereocenters. The van der Waals surface area contributed by atoms with Crippen molar-refractivity contribution >= 4 is 17.6 Å². The van der Waals surface area contributed by atoms with Crippen molar-refractivity contribution in [2.24, 2.45) is 0 Å². The van der Waals surface area contributed by atoms with E-state index >= 15 is 0 Å². The smallest absolute Gasteiger partial charge is 0.338 e. The summed E-state index contributed by atoms with van der Waals surface area (Å²) in [5, 5.41) is 0. The number of carbonyl (C=O) groups is 2. The summed E-state index contributed by atoms with van der Waals surface area (Å²) in [6, 6.07) is 4.98. The van der Waals surface area contributed by atoms with Gasteiger partial charge in [-0.25, -0.2) is 4.79 Å². The van der Waals surface area contributed by atoms with E-state index in [0.29, 0.717) is 24.2 Å². The number of rotatable bonds is 2. The van der Waals surface area contributed by atoms with Crippen molar-refractivity contribution in [3.05, 3.63) is 29.3 Å². The second-order valence-electron chi connectivity index (χ2n) is 4.51. The average molecular weight is 248 g/mol. The summed E-state index contributed by atoms with van der Waals surface area (Å²) >= 11 is 0. The minimum absolute atomic E-state index is 0.150. The van der Waals surface area contributed by atoms with Gasteiger partial charge in [0.15, 0.2) is 6.10 Å². The van der Waals surface area contributed by atoms with Crippen molar-refractivity contribution in [1.82, 2.24) is 4.90 Å². The molecule has 1 heterocycles. The molecule has 2 N–H and O–H groups in total. The molecule has 1 aromatic carbocycles. The van der Waals surface area contributed by atoms with E-state index in [1.165, 1.54) is 0 Å². The van der Waals surface area contributed by atoms with Gasteiger partial charge in [0, 0.05) is 25.7 Å². The maximum atomic E-state index is 11.9. The van der Waals surface area contributed by atoms with Crippen molar-refractivity contribution < 1.29 is 14.3 Å². The lowest BCUT2D eigenvalue weighted by molar-refractivity contribution is -0.133. The van der Waals surface area contributed by atoms with E-state index in [1.54, 1.807) is 30.1 Å². The van der Waals surface area contributed by atoms with E-state index in [0.717, 1.165) is 5.56 Å². The van der Waals surface area contributed by atoms with Crippen LogP contribution < -0.4 is 5.73 Å². The highest BCUT2D eigenvalue weighted by Gasteiger charge is 2.32. The Hall–Kier alpha value is -2.04. The first-order chi connectivity index (χ1) is 8.49. The van der Waals surface area contributed by atoms with Crippen molar-refractivity contribution in [3.8, 4) is 0 Å². The molecule has 1 aliphatic heterocycles. The van der Waals surface area contributed by atoms with Crippen LogP contribution in [0.5, 0.6) is 0 Å². The minimum atomic E-state index is -0.662. The van der Waals surface area contributed by atoms with Gasteiger partial charge in [-0.05, 0) is 24.6 Å². The Bertz CT molecular complexity index is 499. The van der Waals surface area contributed by atoms with Gasteiger partial charge in [-0.2, -0.15) is 0 Å². The Balaban J connectivity index is 2.08. The summed E-state index contributed by atoms with van der Waals surface area (Å²) in [6.07, 6.45) is -0.118. The number of aryl methyl sites for hydroxylation is 1. The largest absolute Gasteiger partial charge is 0.449 e. The van der Waals surface area contributed by atoms with Gasteiger partial charge in [0.2, 0.25) is 0 Å². The molecule has 5 nitrogen and oxygen atoms in total. The highest BCUT2D eigenvalue weighted by molar-refractivity contribution is 5.93. The molecule has 1 aliphatic rings. The van der Waals surface area contributed by atoms with Crippen LogP contribution in [0.25, 0.3) is 0 Å². The van der Waals surface area contributed by atoms with Gasteiger partial charge in [-0.3, -0.25) is 4.79 Å². The predicted molar refractivity (Wildman–Crippen MR) is 67.0 cm³/mol. The summed E-state index contributed by atoms with van der Waals surface area (Å²) in [6.45, 7) is 2.48. The lowest BCUT2D eigenvalue weighted by Gasteiger charge is -2.12. The number of likely N-dealkylation sites (N-methyl/N-ethyl adjacent to an activating group) is 1. The third kappa shape index (κ3) is 2.30. The number of hydrogen-bond donors (Lipinski definition) is 1. The summed E-state index contributed by atoms with van der Waals surface area (Å²) < 4.78 is 5.19. The average Bonchev–Trinajstić information content (AvgIpc) is 2.64. The van der Waals surface area contributed by atoms with Crippen LogP contribution in [-0.4, -0.2) is 36.5 Å². The minimum Gasteiger partial charge on any atom is -0.449 e. The SMILES string of the molecule is Cc1ccc(C(=O)OC2CCN(C)C2=O)cc1N. The Morgan fingerprint density at radius 2 is 2.22 bits per heavy atom. The third-order valence-corrected chi connectivity index (χ3v) is 3.14. The van der Waals surface area contributed by atoms with Crippen LogP contribution in [0.15, 0.2) is 18.2 Å². The Morgan fingerprint density at radius 3 is 2.78 bits per heavy atom. The van der Waals surface area contributed by atoms with Crippen molar-refractivity contribution in [2.45, 2.75) is 19.4 Å². The molecule has 0 spiro atoms. The number of nitrogens with two attached hydrogens (primary N) is 1. The quantitative estimate of drug-likeness (QED) is 0.625. The number of likely N-dealkylation sites (tertiary alicyclic amines) is 1. The van der Waals surface area contributed by atoms with Gasteiger partial charge in [0.25, 0.3) is 5.91 Å². The molecule has 2 rings (SSSR count). The normalized spacial score (nSPS) is 19.1. The first kappa shape index (κ1) is 12.4. The molecule has 0 saturated carbocycles. The lowest BCUT2D eigenvalue weighted by atomic mass is 10.1. The number of carbonyl (C=O) groups excluding carboxylic acids is 2. The highest BCUT2D eigenvalue weighted by atomic mass is 16.5. The molecule has 0 radical (unpaired) electrons. The zero-order chi connectivity index (χ0) is 13.3. The van der Waals surface area contributed by atoms with Crippen LogP contribution >= 0.6 is 0 Å². The number of hydrogen-bond acceptors (Lipinski definition) is 4. The molecule has 0 aromatic heterocycles. The van der Waals surface area contributed by atoms with Gasteiger partial charge in [-0.15, -0.1) is 0 Å². The Labute approximate surface area is 106 Å². The maximum absolute atomic E-state index is 11.9. The zero-order valence-corrected chi connectivity index (χ0v) is 10.5. The second-order valence-corrected chi connectivity index (χ2v) is 4.51. The molecule has 1 amide bonds. The maximum Gasteiger partial charge on any atom is 0.338 e. The van der Waals surface area contributed by atoms with Crippen LogP contribution in [0.2, 0.25) is 0 Å². The van der Waals surface area contributed by atoms with Crippen LogP contribution in [0.3, 0.4) is 0 Å². The van der Waals surface area contributed by atoms with Gasteiger partial charge in [0.1, 0.15) is 0 Å². The molecule has 18 heavy (non-hydrogen) atoms. The fraction of sp³-hybridized carbons (Fsp3) is 0.385. The van der Waals surface area contributed by atoms with E-state index in [9.17, 15) is 9.59 Å². The van der Waals surface area contributed by atoms with Gasteiger partial charge in [0.05, 0.1) is 5.56 Å². The van der Waals surface area contributed by atoms with E-state index in [1.807, 2.05) is 6.92 Å². The first-order valence-electron chi connectivity index (χ1n) is 5.81. The van der Waals surface area contributed by atoms with E-state index in [2.05, 4.69) is 0 Å². The second kappa shape index (κ2) is 4.68. The summed E-state index contributed by atoms with van der Waals surface area (Å²) in [5.41, 5.74) is 7.56. The Kier molecular flexibility index (Phi) is 3.23. The number of ether oxygens (including phenoxy) is 1. The molecule has 1 fully saturated rings. The van der Waals surface area contributed by atoms with E-state index < -0.39 is 12.1 Å². The van der Waals surface area contributed by atoms with Crippen LogP contribution in [0, 0.1) is 6.92 Å². The number of esters is 1. The van der Waals surface area contributed by atoms with Crippen LogP contribution in [-0.2, 0) is 9.53 Å². The van der Waals surface area contributed by atoms with Crippen molar-refractivity contribution in [3.63, 3.8) is 0 Å². The number of anilines is 1. The molecule has 5 heteroatoms. The molecule has 0 aliphatic carbocycles. The standard InChI is InChI=1S/C13H16N2O3/c1-8-3-4-9(7-10(8)14)13(17)18-11-5-6-15(2)12(11)16/h3-4,7,11H,5-6,14H2,1-2H3. The zero-order valence-electron chi connectivity index (χ0n) is 10.5. The molecular formula is C13H16N2O3. The highest BCUT2D eigenvalue weighted by Crippen LogP contribution is 2.17. The number of nitrogens with zero attached hydrogens (tertiary/aromatic N) is 1. The molecule has 1 aromatic rings. The van der Waals surface area contributed by atoms with Gasteiger partial charge in [-0.1, -0.05) is 6.07 Å². The third-order valence-electron chi connectivity index (χ3n) is 3.14. The van der Waals surface area contributed by atoms with Crippen molar-refractivity contribution in [2.75, 3.05) is 19.3 Å². The van der Waals surface area contributed by atoms with Gasteiger partial charge < -0.3 is 15.4 Å². The summed E-state index contributed by atoms with van der Waals surface area (Å²) in [4.78, 5) is 25.0.